The second-order valence-electron chi connectivity index (χ2n) is 3.78. The lowest BCUT2D eigenvalue weighted by Gasteiger charge is -2.38. The lowest BCUT2D eigenvalue weighted by Crippen LogP contribution is -2.57. The number of rotatable bonds is 3. The van der Waals surface area contributed by atoms with E-state index >= 15 is 0 Å². The zero-order valence-electron chi connectivity index (χ0n) is 8.12. The van der Waals surface area contributed by atoms with Crippen LogP contribution < -0.4 is 11.5 Å². The van der Waals surface area contributed by atoms with Crippen LogP contribution in [0.3, 0.4) is 0 Å². The van der Waals surface area contributed by atoms with Crippen LogP contribution in [0.1, 0.15) is 25.7 Å². The fraction of sp³-hybridized carbons (Fsp3) is 0.700. The maximum Gasteiger partial charge on any atom is 0.323 e. The number of unbranched alkanes of at least 4 members (excludes halogenated alkanes) is 1. The molecule has 4 nitrogen and oxygen atoms in total. The third-order valence-electron chi connectivity index (χ3n) is 2.46. The van der Waals surface area contributed by atoms with Gasteiger partial charge < -0.3 is 16.6 Å². The van der Waals surface area contributed by atoms with Crippen LogP contribution in [0.2, 0.25) is 0 Å². The molecule has 0 aromatic carbocycles. The van der Waals surface area contributed by atoms with Gasteiger partial charge in [0.2, 0.25) is 0 Å². The molecule has 0 atom stereocenters. The summed E-state index contributed by atoms with van der Waals surface area (Å²) in [6, 6.07) is 0. The van der Waals surface area contributed by atoms with Gasteiger partial charge in [0.25, 0.3) is 0 Å². The highest BCUT2D eigenvalue weighted by Crippen LogP contribution is 2.35. The lowest BCUT2D eigenvalue weighted by molar-refractivity contribution is -0.147. The zero-order valence-corrected chi connectivity index (χ0v) is 8.12. The topological polar surface area (TPSA) is 89.3 Å². The summed E-state index contributed by atoms with van der Waals surface area (Å²) in [7, 11) is 0. The van der Waals surface area contributed by atoms with E-state index in [0.717, 1.165) is 12.8 Å². The smallest absolute Gasteiger partial charge is 0.323 e. The Kier molecular flexibility index (Phi) is 3.50. The molecule has 4 heteroatoms. The van der Waals surface area contributed by atoms with Crippen molar-refractivity contribution in [3.63, 3.8) is 0 Å². The molecule has 0 aromatic rings. The van der Waals surface area contributed by atoms with E-state index in [0.29, 0.717) is 19.4 Å². The Hall–Kier alpha value is -1.05. The number of carboxylic acid groups (broad SMARTS) is 1. The van der Waals surface area contributed by atoms with Crippen molar-refractivity contribution in [2.45, 2.75) is 31.2 Å². The number of hydrogen-bond donors (Lipinski definition) is 3. The second-order valence-corrected chi connectivity index (χ2v) is 3.78. The van der Waals surface area contributed by atoms with E-state index in [1.807, 2.05) is 0 Å². The minimum atomic E-state index is -1.02. The first-order valence-electron chi connectivity index (χ1n) is 4.79. The van der Waals surface area contributed by atoms with Crippen LogP contribution in [0.25, 0.3) is 0 Å². The predicted molar refractivity (Wildman–Crippen MR) is 53.3 cm³/mol. The standard InChI is InChI=1S/C10H16N2O2/c11-5-3-1-2-4-8-6-10(12,7-8)9(13)14/h8H,1,3,5-7,11-12H2,(H,13,14). The maximum atomic E-state index is 10.6. The molecular formula is C10H16N2O2. The molecule has 0 amide bonds. The first kappa shape index (κ1) is 11.0. The van der Waals surface area contributed by atoms with Crippen molar-refractivity contribution in [1.29, 1.82) is 0 Å². The van der Waals surface area contributed by atoms with E-state index in [9.17, 15) is 4.79 Å². The number of carboxylic acids is 1. The predicted octanol–water partition coefficient (Wildman–Crippen LogP) is -0.0792. The molecule has 1 aliphatic carbocycles. The Balaban J connectivity index is 2.26. The summed E-state index contributed by atoms with van der Waals surface area (Å²) in [5.74, 6) is 5.24. The first-order valence-corrected chi connectivity index (χ1v) is 4.79. The van der Waals surface area contributed by atoms with Crippen LogP contribution in [0, 0.1) is 17.8 Å². The molecule has 0 bridgehead atoms. The van der Waals surface area contributed by atoms with Gasteiger partial charge in [0.15, 0.2) is 0 Å². The normalized spacial score (nSPS) is 30.0. The highest BCUT2D eigenvalue weighted by molar-refractivity contribution is 5.80. The molecule has 1 rings (SSSR count). The van der Waals surface area contributed by atoms with Crippen LogP contribution >= 0.6 is 0 Å². The first-order chi connectivity index (χ1) is 6.58. The Labute approximate surface area is 83.7 Å². The maximum absolute atomic E-state index is 10.6. The average Bonchev–Trinajstić information content (AvgIpc) is 2.08. The van der Waals surface area contributed by atoms with Gasteiger partial charge in [0, 0.05) is 12.3 Å². The molecule has 1 saturated carbocycles. The third kappa shape index (κ3) is 2.47. The van der Waals surface area contributed by atoms with Gasteiger partial charge >= 0.3 is 5.97 Å². The summed E-state index contributed by atoms with van der Waals surface area (Å²) < 4.78 is 0. The molecule has 0 unspecified atom stereocenters. The van der Waals surface area contributed by atoms with E-state index in [4.69, 9.17) is 16.6 Å². The molecule has 0 radical (unpaired) electrons. The Bertz CT molecular complexity index is 272. The molecule has 0 spiro atoms. The molecule has 0 heterocycles. The highest BCUT2D eigenvalue weighted by Gasteiger charge is 2.46. The van der Waals surface area contributed by atoms with Crippen molar-refractivity contribution in [2.75, 3.05) is 6.54 Å². The van der Waals surface area contributed by atoms with Crippen molar-refractivity contribution < 1.29 is 9.90 Å². The van der Waals surface area contributed by atoms with E-state index in [-0.39, 0.29) is 5.92 Å². The monoisotopic (exact) mass is 196 g/mol. The van der Waals surface area contributed by atoms with Gasteiger partial charge in [-0.1, -0.05) is 5.92 Å². The SMILES string of the molecule is NCCCC#CC1CC(N)(C(=O)O)C1. The van der Waals surface area contributed by atoms with Crippen LogP contribution in [-0.4, -0.2) is 23.2 Å². The quantitative estimate of drug-likeness (QED) is 0.435. The van der Waals surface area contributed by atoms with Crippen LogP contribution in [-0.2, 0) is 4.79 Å². The summed E-state index contributed by atoms with van der Waals surface area (Å²) in [6.07, 6.45) is 2.62. The lowest BCUT2D eigenvalue weighted by atomic mass is 9.69. The number of hydrogen-bond acceptors (Lipinski definition) is 3. The number of aliphatic carboxylic acids is 1. The van der Waals surface area contributed by atoms with Gasteiger partial charge in [-0.2, -0.15) is 0 Å². The fourth-order valence-electron chi connectivity index (χ4n) is 1.50. The molecule has 0 aliphatic heterocycles. The second kappa shape index (κ2) is 4.45. The summed E-state index contributed by atoms with van der Waals surface area (Å²) in [4.78, 5) is 10.6. The average molecular weight is 196 g/mol. The molecule has 78 valence electrons. The van der Waals surface area contributed by atoms with Gasteiger partial charge in [-0.15, -0.1) is 5.92 Å². The fourth-order valence-corrected chi connectivity index (χ4v) is 1.50. The summed E-state index contributed by atoms with van der Waals surface area (Å²) in [5, 5.41) is 8.73. The van der Waals surface area contributed by atoms with Gasteiger partial charge in [-0.05, 0) is 25.8 Å². The van der Waals surface area contributed by atoms with Gasteiger partial charge in [0.1, 0.15) is 5.54 Å². The molecule has 5 N–H and O–H groups in total. The third-order valence-corrected chi connectivity index (χ3v) is 2.46. The number of carbonyl (C=O) groups is 1. The van der Waals surface area contributed by atoms with Gasteiger partial charge in [0.05, 0.1) is 0 Å². The van der Waals surface area contributed by atoms with Crippen molar-refractivity contribution in [1.82, 2.24) is 0 Å². The van der Waals surface area contributed by atoms with Crippen LogP contribution in [0.4, 0.5) is 0 Å². The summed E-state index contributed by atoms with van der Waals surface area (Å²) in [5.41, 5.74) is 9.87. The molecular weight excluding hydrogens is 180 g/mol. The van der Waals surface area contributed by atoms with Gasteiger partial charge in [-0.25, -0.2) is 0 Å². The van der Waals surface area contributed by atoms with Gasteiger partial charge in [-0.3, -0.25) is 4.79 Å². The highest BCUT2D eigenvalue weighted by atomic mass is 16.4. The molecule has 1 fully saturated rings. The van der Waals surface area contributed by atoms with Crippen LogP contribution in [0.15, 0.2) is 0 Å². The van der Waals surface area contributed by atoms with E-state index < -0.39 is 11.5 Å². The molecule has 1 aliphatic rings. The van der Waals surface area contributed by atoms with Crippen molar-refractivity contribution in [3.8, 4) is 11.8 Å². The molecule has 0 saturated heterocycles. The Morgan fingerprint density at radius 2 is 2.21 bits per heavy atom. The Morgan fingerprint density at radius 1 is 1.57 bits per heavy atom. The largest absolute Gasteiger partial charge is 0.480 e. The minimum absolute atomic E-state index is 0.161. The van der Waals surface area contributed by atoms with Crippen molar-refractivity contribution in [2.24, 2.45) is 17.4 Å². The molecule has 14 heavy (non-hydrogen) atoms. The minimum Gasteiger partial charge on any atom is -0.480 e. The van der Waals surface area contributed by atoms with Crippen molar-refractivity contribution >= 4 is 5.97 Å². The van der Waals surface area contributed by atoms with E-state index in [1.54, 1.807) is 0 Å². The van der Waals surface area contributed by atoms with E-state index in [2.05, 4.69) is 11.8 Å². The number of nitrogens with two attached hydrogens (primary N) is 2. The Morgan fingerprint density at radius 3 is 2.71 bits per heavy atom. The summed E-state index contributed by atoms with van der Waals surface area (Å²) >= 11 is 0. The van der Waals surface area contributed by atoms with Crippen LogP contribution in [0.5, 0.6) is 0 Å². The molecule has 0 aromatic heterocycles. The van der Waals surface area contributed by atoms with Crippen molar-refractivity contribution in [3.05, 3.63) is 0 Å². The summed E-state index contributed by atoms with van der Waals surface area (Å²) in [6.45, 7) is 0.648. The zero-order chi connectivity index (χ0) is 10.6. The van der Waals surface area contributed by atoms with E-state index in [1.165, 1.54) is 0 Å².